The third kappa shape index (κ3) is 4.18. The Morgan fingerprint density at radius 2 is 1.87 bits per heavy atom. The lowest BCUT2D eigenvalue weighted by atomic mass is 9.95. The zero-order valence-electron chi connectivity index (χ0n) is 17.2. The Balaban J connectivity index is 1.77. The Labute approximate surface area is 180 Å². The summed E-state index contributed by atoms with van der Waals surface area (Å²) >= 11 is 5.00. The van der Waals surface area contributed by atoms with Crippen LogP contribution in [0.25, 0.3) is 22.5 Å². The van der Waals surface area contributed by atoms with Gasteiger partial charge in [0.1, 0.15) is 5.82 Å². The number of benzene rings is 2. The van der Waals surface area contributed by atoms with E-state index in [1.54, 1.807) is 5.37 Å². The summed E-state index contributed by atoms with van der Waals surface area (Å²) in [6, 6.07) is 16.5. The number of aromatic nitrogens is 7. The number of aromatic amines is 1. The van der Waals surface area contributed by atoms with Crippen LogP contribution in [0.5, 0.6) is 0 Å². The lowest BCUT2D eigenvalue weighted by Crippen LogP contribution is -2.20. The fraction of sp³-hybridized carbons (Fsp3) is 0.273. The van der Waals surface area contributed by atoms with E-state index in [1.165, 1.54) is 0 Å². The van der Waals surface area contributed by atoms with E-state index in [0.29, 0.717) is 18.8 Å². The highest BCUT2D eigenvalue weighted by atomic mass is 32.1. The summed E-state index contributed by atoms with van der Waals surface area (Å²) in [5, 5.41) is 20.9. The molecule has 4 rings (SSSR count). The molecule has 0 saturated carbocycles. The van der Waals surface area contributed by atoms with Crippen LogP contribution in [-0.2, 0) is 18.4 Å². The second kappa shape index (κ2) is 8.23. The Morgan fingerprint density at radius 3 is 2.53 bits per heavy atom. The third-order valence-electron chi connectivity index (χ3n) is 4.75. The lowest BCUT2D eigenvalue weighted by Gasteiger charge is -2.18. The first-order valence-electron chi connectivity index (χ1n) is 9.76. The van der Waals surface area contributed by atoms with Gasteiger partial charge in [0.25, 0.3) is 0 Å². The van der Waals surface area contributed by atoms with Gasteiger partial charge in [-0.2, -0.15) is 5.10 Å². The first kappa shape index (κ1) is 20.0. The molecule has 2 aromatic heterocycles. The topological polar surface area (TPSA) is 85.2 Å². The van der Waals surface area contributed by atoms with Gasteiger partial charge in [-0.05, 0) is 38.6 Å². The quantitative estimate of drug-likeness (QED) is 0.477. The smallest absolute Gasteiger partial charge is 0.180 e. The minimum absolute atomic E-state index is 0.131. The predicted octanol–water partition coefficient (Wildman–Crippen LogP) is 4.01. The standard InChI is InChI=1S/C22H23N7S/c1-22(2,3)21-23-19(11-12-30)26-29(21)14-15-9-10-17(16-7-5-4-6-8-16)18(13-15)20-24-27-28-25-20/h4-10,12-13H,11,14H2,1-3H3,(H,24,25,27,28). The van der Waals surface area contributed by atoms with Crippen LogP contribution in [0, 0.1) is 0 Å². The molecular formula is C22H23N7S. The molecule has 0 fully saturated rings. The van der Waals surface area contributed by atoms with Gasteiger partial charge in [-0.1, -0.05) is 75.5 Å². The number of hydrogen-bond donors (Lipinski definition) is 1. The monoisotopic (exact) mass is 417 g/mol. The summed E-state index contributed by atoms with van der Waals surface area (Å²) in [6.45, 7) is 7.01. The molecule has 0 saturated heterocycles. The van der Waals surface area contributed by atoms with Gasteiger partial charge in [0, 0.05) is 17.4 Å². The average molecular weight is 418 g/mol. The molecule has 2 heterocycles. The van der Waals surface area contributed by atoms with E-state index < -0.39 is 0 Å². The number of tetrazole rings is 1. The van der Waals surface area contributed by atoms with Crippen LogP contribution in [0.15, 0.2) is 48.5 Å². The highest BCUT2D eigenvalue weighted by Crippen LogP contribution is 2.31. The normalized spacial score (nSPS) is 11.6. The summed E-state index contributed by atoms with van der Waals surface area (Å²) in [5.41, 5.74) is 4.07. The summed E-state index contributed by atoms with van der Waals surface area (Å²) in [6.07, 6.45) is 0.577. The molecule has 0 atom stereocenters. The van der Waals surface area contributed by atoms with E-state index >= 15 is 0 Å². The maximum absolute atomic E-state index is 5.00. The number of rotatable bonds is 6. The molecule has 0 aliphatic rings. The maximum atomic E-state index is 5.00. The molecule has 152 valence electrons. The third-order valence-corrected chi connectivity index (χ3v) is 4.92. The number of nitrogens with one attached hydrogen (secondary N) is 1. The molecule has 0 amide bonds. The van der Waals surface area contributed by atoms with Crippen molar-refractivity contribution < 1.29 is 0 Å². The second-order valence-corrected chi connectivity index (χ2v) is 8.46. The molecule has 4 aromatic rings. The van der Waals surface area contributed by atoms with Gasteiger partial charge in [-0.3, -0.25) is 0 Å². The molecule has 0 unspecified atom stereocenters. The van der Waals surface area contributed by atoms with Gasteiger partial charge < -0.3 is 0 Å². The van der Waals surface area contributed by atoms with Crippen molar-refractivity contribution in [3.05, 3.63) is 65.7 Å². The number of hydrogen-bond acceptors (Lipinski definition) is 6. The van der Waals surface area contributed by atoms with Crippen molar-refractivity contribution in [3.8, 4) is 22.5 Å². The SMILES string of the molecule is CC(C)(C)c1nc(CC=S)nn1Cc1ccc(-c2ccccc2)c(-c2nnn[nH]2)c1. The Kier molecular flexibility index (Phi) is 5.50. The predicted molar refractivity (Wildman–Crippen MR) is 120 cm³/mol. The van der Waals surface area contributed by atoms with Gasteiger partial charge in [-0.25, -0.2) is 14.8 Å². The van der Waals surface area contributed by atoms with E-state index in [1.807, 2.05) is 22.9 Å². The van der Waals surface area contributed by atoms with E-state index in [0.717, 1.165) is 33.9 Å². The van der Waals surface area contributed by atoms with Gasteiger partial charge in [0.05, 0.1) is 6.54 Å². The first-order valence-corrected chi connectivity index (χ1v) is 10.2. The largest absolute Gasteiger partial charge is 0.245 e. The zero-order valence-corrected chi connectivity index (χ0v) is 18.0. The average Bonchev–Trinajstić information content (AvgIpc) is 3.39. The van der Waals surface area contributed by atoms with E-state index in [4.69, 9.17) is 22.3 Å². The minimum Gasteiger partial charge on any atom is -0.245 e. The van der Waals surface area contributed by atoms with Crippen LogP contribution in [0.2, 0.25) is 0 Å². The molecule has 8 heteroatoms. The number of nitrogens with zero attached hydrogens (tertiary/aromatic N) is 6. The summed E-state index contributed by atoms with van der Waals surface area (Å²) in [5.74, 6) is 2.31. The molecule has 1 N–H and O–H groups in total. The molecule has 0 spiro atoms. The Morgan fingerprint density at radius 1 is 1.07 bits per heavy atom. The fourth-order valence-electron chi connectivity index (χ4n) is 3.42. The van der Waals surface area contributed by atoms with E-state index in [2.05, 4.69) is 71.7 Å². The van der Waals surface area contributed by atoms with Crippen molar-refractivity contribution in [1.82, 2.24) is 35.4 Å². The van der Waals surface area contributed by atoms with Gasteiger partial charge in [0.2, 0.25) is 0 Å². The molecule has 0 aliphatic carbocycles. The molecule has 0 aliphatic heterocycles. The summed E-state index contributed by atoms with van der Waals surface area (Å²) in [4.78, 5) is 4.72. The van der Waals surface area contributed by atoms with E-state index in [9.17, 15) is 0 Å². The van der Waals surface area contributed by atoms with Crippen LogP contribution in [-0.4, -0.2) is 40.8 Å². The molecular weight excluding hydrogens is 394 g/mol. The second-order valence-electron chi connectivity index (χ2n) is 8.13. The van der Waals surface area contributed by atoms with Crippen molar-refractivity contribution in [2.45, 2.75) is 39.2 Å². The molecule has 0 radical (unpaired) electrons. The van der Waals surface area contributed by atoms with Crippen LogP contribution in [0.3, 0.4) is 0 Å². The Hall–Kier alpha value is -3.26. The molecule has 2 aromatic carbocycles. The summed E-state index contributed by atoms with van der Waals surface area (Å²) < 4.78 is 1.97. The highest BCUT2D eigenvalue weighted by Gasteiger charge is 2.23. The Bertz CT molecular complexity index is 1140. The fourth-order valence-corrected chi connectivity index (χ4v) is 3.57. The highest BCUT2D eigenvalue weighted by molar-refractivity contribution is 7.78. The maximum Gasteiger partial charge on any atom is 0.180 e. The van der Waals surface area contributed by atoms with Crippen molar-refractivity contribution in [3.63, 3.8) is 0 Å². The van der Waals surface area contributed by atoms with Crippen LogP contribution in [0.1, 0.15) is 38.0 Å². The molecule has 30 heavy (non-hydrogen) atoms. The van der Waals surface area contributed by atoms with Gasteiger partial charge in [0.15, 0.2) is 11.6 Å². The molecule has 7 nitrogen and oxygen atoms in total. The van der Waals surface area contributed by atoms with Crippen molar-refractivity contribution >= 4 is 17.6 Å². The van der Waals surface area contributed by atoms with Crippen LogP contribution < -0.4 is 0 Å². The number of thiocarbonyl (C=S) groups is 1. The molecule has 0 bridgehead atoms. The van der Waals surface area contributed by atoms with Crippen LogP contribution >= 0.6 is 12.2 Å². The van der Waals surface area contributed by atoms with Gasteiger partial charge in [-0.15, -0.1) is 5.10 Å². The van der Waals surface area contributed by atoms with E-state index in [-0.39, 0.29) is 5.41 Å². The van der Waals surface area contributed by atoms with Crippen molar-refractivity contribution in [1.29, 1.82) is 0 Å². The van der Waals surface area contributed by atoms with Crippen molar-refractivity contribution in [2.75, 3.05) is 0 Å². The zero-order chi connectivity index (χ0) is 21.1. The van der Waals surface area contributed by atoms with Crippen molar-refractivity contribution in [2.24, 2.45) is 0 Å². The lowest BCUT2D eigenvalue weighted by molar-refractivity contribution is 0.490. The summed E-state index contributed by atoms with van der Waals surface area (Å²) in [7, 11) is 0. The van der Waals surface area contributed by atoms with Gasteiger partial charge >= 0.3 is 0 Å². The minimum atomic E-state index is -0.131. The van der Waals surface area contributed by atoms with Crippen LogP contribution in [0.4, 0.5) is 0 Å². The first-order chi connectivity index (χ1) is 14.5. The number of H-pyrrole nitrogens is 1.